The minimum absolute atomic E-state index is 0.0306. The molecule has 1 heterocycles. The smallest absolute Gasteiger partial charge is 0.224 e. The van der Waals surface area contributed by atoms with Gasteiger partial charge in [-0.15, -0.1) is 0 Å². The van der Waals surface area contributed by atoms with Gasteiger partial charge in [-0.05, 0) is 39.0 Å². The Labute approximate surface area is 98.5 Å². The number of methoxy groups -OCH3 is 1. The predicted molar refractivity (Wildman–Crippen MR) is 65.0 cm³/mol. The Balaban J connectivity index is 2.19. The van der Waals surface area contributed by atoms with Gasteiger partial charge in [0.25, 0.3) is 0 Å². The number of unbranched alkanes of at least 4 members (excludes halogenated alkanes) is 2. The van der Waals surface area contributed by atoms with E-state index < -0.39 is 0 Å². The minimum Gasteiger partial charge on any atom is -0.362 e. The van der Waals surface area contributed by atoms with Gasteiger partial charge in [-0.1, -0.05) is 12.2 Å². The summed E-state index contributed by atoms with van der Waals surface area (Å²) in [5.74, 6) is 0.254. The topological polar surface area (TPSA) is 29.5 Å². The summed E-state index contributed by atoms with van der Waals surface area (Å²) in [5, 5.41) is 0. The quantitative estimate of drug-likeness (QED) is 0.514. The van der Waals surface area contributed by atoms with Gasteiger partial charge in [-0.2, -0.15) is 0 Å². The van der Waals surface area contributed by atoms with Crippen LogP contribution in [0.5, 0.6) is 0 Å². The highest BCUT2D eigenvalue weighted by Gasteiger charge is 2.27. The molecule has 1 amide bonds. The van der Waals surface area contributed by atoms with Crippen molar-refractivity contribution in [2.24, 2.45) is 0 Å². The lowest BCUT2D eigenvalue weighted by Gasteiger charge is -2.23. The number of carbonyl (C=O) groups is 1. The molecule has 1 atom stereocenters. The van der Waals surface area contributed by atoms with E-state index in [1.807, 2.05) is 11.8 Å². The molecular weight excluding hydrogens is 202 g/mol. The molecule has 3 nitrogen and oxygen atoms in total. The molecule has 1 aliphatic heterocycles. The van der Waals surface area contributed by atoms with E-state index >= 15 is 0 Å². The van der Waals surface area contributed by atoms with Crippen LogP contribution in [0.2, 0.25) is 0 Å². The molecule has 0 bridgehead atoms. The zero-order chi connectivity index (χ0) is 11.8. The van der Waals surface area contributed by atoms with E-state index in [2.05, 4.69) is 12.2 Å². The van der Waals surface area contributed by atoms with Crippen LogP contribution in [-0.2, 0) is 9.53 Å². The second kappa shape index (κ2) is 7.44. The fourth-order valence-corrected chi connectivity index (χ4v) is 2.12. The Bertz CT molecular complexity index is 238. The van der Waals surface area contributed by atoms with Crippen LogP contribution < -0.4 is 0 Å². The van der Waals surface area contributed by atoms with Gasteiger partial charge in [-0.3, -0.25) is 4.79 Å². The molecule has 92 valence electrons. The molecule has 0 spiro atoms. The molecule has 16 heavy (non-hydrogen) atoms. The van der Waals surface area contributed by atoms with Crippen molar-refractivity contribution in [2.45, 2.75) is 51.7 Å². The maximum absolute atomic E-state index is 11.9. The van der Waals surface area contributed by atoms with Crippen LogP contribution in [0.15, 0.2) is 12.2 Å². The Hall–Kier alpha value is -0.830. The van der Waals surface area contributed by atoms with Gasteiger partial charge < -0.3 is 9.64 Å². The molecule has 1 saturated heterocycles. The maximum Gasteiger partial charge on any atom is 0.224 e. The van der Waals surface area contributed by atoms with Gasteiger partial charge in [0.05, 0.1) is 0 Å². The fourth-order valence-electron chi connectivity index (χ4n) is 2.12. The van der Waals surface area contributed by atoms with E-state index in [9.17, 15) is 4.79 Å². The summed E-state index contributed by atoms with van der Waals surface area (Å²) in [6.07, 6.45) is 10.1. The maximum atomic E-state index is 11.9. The van der Waals surface area contributed by atoms with Crippen molar-refractivity contribution >= 4 is 5.91 Å². The largest absolute Gasteiger partial charge is 0.362 e. The summed E-state index contributed by atoms with van der Waals surface area (Å²) >= 11 is 0. The van der Waals surface area contributed by atoms with E-state index in [4.69, 9.17) is 4.74 Å². The summed E-state index contributed by atoms with van der Waals surface area (Å²) in [7, 11) is 1.68. The number of rotatable bonds is 6. The van der Waals surface area contributed by atoms with E-state index in [0.717, 1.165) is 38.6 Å². The average molecular weight is 225 g/mol. The van der Waals surface area contributed by atoms with Crippen LogP contribution in [-0.4, -0.2) is 30.7 Å². The summed E-state index contributed by atoms with van der Waals surface area (Å²) in [5.41, 5.74) is 0. The van der Waals surface area contributed by atoms with Crippen molar-refractivity contribution in [3.63, 3.8) is 0 Å². The van der Waals surface area contributed by atoms with Crippen molar-refractivity contribution in [2.75, 3.05) is 13.7 Å². The average Bonchev–Trinajstić information content (AvgIpc) is 2.76. The van der Waals surface area contributed by atoms with Crippen LogP contribution in [0.25, 0.3) is 0 Å². The summed E-state index contributed by atoms with van der Waals surface area (Å²) in [4.78, 5) is 13.8. The van der Waals surface area contributed by atoms with Crippen LogP contribution in [0.4, 0.5) is 0 Å². The Morgan fingerprint density at radius 1 is 1.50 bits per heavy atom. The van der Waals surface area contributed by atoms with E-state index in [0.29, 0.717) is 6.42 Å². The first kappa shape index (κ1) is 13.2. The van der Waals surface area contributed by atoms with Gasteiger partial charge in [0.15, 0.2) is 0 Å². The molecule has 1 unspecified atom stereocenters. The van der Waals surface area contributed by atoms with Crippen LogP contribution >= 0.6 is 0 Å². The fraction of sp³-hybridized carbons (Fsp3) is 0.769. The molecule has 1 fully saturated rings. The van der Waals surface area contributed by atoms with Crippen molar-refractivity contribution in [3.8, 4) is 0 Å². The molecule has 0 aromatic rings. The molecular formula is C13H23NO2. The molecule has 1 aliphatic rings. The van der Waals surface area contributed by atoms with E-state index in [1.54, 1.807) is 7.11 Å². The van der Waals surface area contributed by atoms with Crippen molar-refractivity contribution in [1.82, 2.24) is 4.90 Å². The number of hydrogen-bond acceptors (Lipinski definition) is 2. The van der Waals surface area contributed by atoms with Crippen LogP contribution in [0, 0.1) is 0 Å². The van der Waals surface area contributed by atoms with Crippen LogP contribution in [0.1, 0.15) is 45.4 Å². The summed E-state index contributed by atoms with van der Waals surface area (Å²) < 4.78 is 5.28. The van der Waals surface area contributed by atoms with Crippen molar-refractivity contribution in [3.05, 3.63) is 12.2 Å². The second-order valence-corrected chi connectivity index (χ2v) is 4.23. The Kier molecular flexibility index (Phi) is 6.16. The molecule has 0 aliphatic carbocycles. The zero-order valence-electron chi connectivity index (χ0n) is 10.4. The monoisotopic (exact) mass is 225 g/mol. The van der Waals surface area contributed by atoms with E-state index in [1.165, 1.54) is 0 Å². The van der Waals surface area contributed by atoms with Gasteiger partial charge in [0.1, 0.15) is 6.23 Å². The number of hydrogen-bond donors (Lipinski definition) is 0. The number of carbonyl (C=O) groups excluding carboxylic acids is 1. The Morgan fingerprint density at radius 3 is 3.00 bits per heavy atom. The first-order valence-corrected chi connectivity index (χ1v) is 6.23. The summed E-state index contributed by atoms with van der Waals surface area (Å²) in [6, 6.07) is 0. The number of likely N-dealkylation sites (tertiary alicyclic amines) is 1. The highest BCUT2D eigenvalue weighted by Crippen LogP contribution is 2.19. The lowest BCUT2D eigenvalue weighted by molar-refractivity contribution is -0.140. The van der Waals surface area contributed by atoms with Crippen molar-refractivity contribution < 1.29 is 9.53 Å². The third kappa shape index (κ3) is 3.97. The number of allylic oxidation sites excluding steroid dienone is 2. The zero-order valence-corrected chi connectivity index (χ0v) is 10.4. The number of amides is 1. The SMILES string of the molecule is C/C=C/CCCCC(=O)N1CCCC1OC. The minimum atomic E-state index is 0.0306. The molecule has 0 radical (unpaired) electrons. The molecule has 1 rings (SSSR count). The molecule has 0 N–H and O–H groups in total. The second-order valence-electron chi connectivity index (χ2n) is 4.23. The van der Waals surface area contributed by atoms with E-state index in [-0.39, 0.29) is 12.1 Å². The third-order valence-electron chi connectivity index (χ3n) is 3.04. The van der Waals surface area contributed by atoms with Gasteiger partial charge >= 0.3 is 0 Å². The molecule has 0 aromatic carbocycles. The van der Waals surface area contributed by atoms with Gasteiger partial charge in [0.2, 0.25) is 5.91 Å². The standard InChI is InChI=1S/C13H23NO2/c1-3-4-5-6-7-9-12(15)14-11-8-10-13(14)16-2/h3-4,13H,5-11H2,1-2H3/b4-3+. The number of ether oxygens (including phenoxy) is 1. The number of nitrogens with zero attached hydrogens (tertiary/aromatic N) is 1. The highest BCUT2D eigenvalue weighted by molar-refractivity contribution is 5.76. The third-order valence-corrected chi connectivity index (χ3v) is 3.04. The lowest BCUT2D eigenvalue weighted by atomic mass is 10.1. The normalized spacial score (nSPS) is 20.9. The van der Waals surface area contributed by atoms with Gasteiger partial charge in [0, 0.05) is 20.1 Å². The first-order valence-electron chi connectivity index (χ1n) is 6.23. The molecule has 0 aromatic heterocycles. The Morgan fingerprint density at radius 2 is 2.31 bits per heavy atom. The lowest BCUT2D eigenvalue weighted by Crippen LogP contribution is -2.36. The van der Waals surface area contributed by atoms with Crippen molar-refractivity contribution in [1.29, 1.82) is 0 Å². The predicted octanol–water partition coefficient (Wildman–Crippen LogP) is 2.72. The first-order chi connectivity index (χ1) is 7.79. The summed E-state index contributed by atoms with van der Waals surface area (Å²) in [6.45, 7) is 2.89. The molecule has 3 heteroatoms. The van der Waals surface area contributed by atoms with Gasteiger partial charge in [-0.25, -0.2) is 0 Å². The highest BCUT2D eigenvalue weighted by atomic mass is 16.5. The van der Waals surface area contributed by atoms with Crippen LogP contribution in [0.3, 0.4) is 0 Å². The molecule has 0 saturated carbocycles.